The SMILES string of the molecule is Cc1ccnc(C(=O)N2CCC[C@@H](c3nc4ccc(-c5cccc(F)c5)cn4n3)C2)c1. The minimum atomic E-state index is -0.271. The van der Waals surface area contributed by atoms with E-state index in [4.69, 9.17) is 4.98 Å². The highest BCUT2D eigenvalue weighted by atomic mass is 19.1. The van der Waals surface area contributed by atoms with E-state index < -0.39 is 0 Å². The first-order valence-electron chi connectivity index (χ1n) is 10.4. The second kappa shape index (κ2) is 7.91. The minimum absolute atomic E-state index is 0.0504. The van der Waals surface area contributed by atoms with Crippen LogP contribution in [0, 0.1) is 12.7 Å². The zero-order valence-electron chi connectivity index (χ0n) is 17.2. The molecule has 7 heteroatoms. The van der Waals surface area contributed by atoms with Crippen molar-refractivity contribution in [2.45, 2.75) is 25.7 Å². The Labute approximate surface area is 179 Å². The molecule has 0 radical (unpaired) electrons. The number of pyridine rings is 2. The number of aryl methyl sites for hydroxylation is 1. The zero-order valence-corrected chi connectivity index (χ0v) is 17.2. The number of rotatable bonds is 3. The van der Waals surface area contributed by atoms with Crippen LogP contribution in [0.15, 0.2) is 60.9 Å². The highest BCUT2D eigenvalue weighted by Crippen LogP contribution is 2.27. The molecule has 1 aliphatic rings. The highest BCUT2D eigenvalue weighted by Gasteiger charge is 2.28. The number of benzene rings is 1. The van der Waals surface area contributed by atoms with Crippen molar-refractivity contribution in [3.8, 4) is 11.1 Å². The van der Waals surface area contributed by atoms with Crippen molar-refractivity contribution < 1.29 is 9.18 Å². The molecule has 1 aromatic carbocycles. The monoisotopic (exact) mass is 415 g/mol. The Kier molecular flexibility index (Phi) is 4.94. The van der Waals surface area contributed by atoms with Crippen LogP contribution < -0.4 is 0 Å². The van der Waals surface area contributed by atoms with Crippen molar-refractivity contribution in [2.75, 3.05) is 13.1 Å². The maximum Gasteiger partial charge on any atom is 0.272 e. The summed E-state index contributed by atoms with van der Waals surface area (Å²) >= 11 is 0. The molecule has 6 nitrogen and oxygen atoms in total. The summed E-state index contributed by atoms with van der Waals surface area (Å²) in [4.78, 5) is 23.7. The summed E-state index contributed by atoms with van der Waals surface area (Å²) in [5.74, 6) is 0.476. The number of aromatic nitrogens is 4. The van der Waals surface area contributed by atoms with E-state index in [9.17, 15) is 9.18 Å². The topological polar surface area (TPSA) is 63.4 Å². The van der Waals surface area contributed by atoms with E-state index in [-0.39, 0.29) is 17.6 Å². The van der Waals surface area contributed by atoms with E-state index in [0.29, 0.717) is 18.8 Å². The van der Waals surface area contributed by atoms with Gasteiger partial charge in [-0.25, -0.2) is 13.9 Å². The van der Waals surface area contributed by atoms with E-state index >= 15 is 0 Å². The van der Waals surface area contributed by atoms with Gasteiger partial charge in [-0.15, -0.1) is 0 Å². The van der Waals surface area contributed by atoms with Crippen LogP contribution in [0.3, 0.4) is 0 Å². The lowest BCUT2D eigenvalue weighted by Gasteiger charge is -2.31. The molecule has 0 saturated carbocycles. The third-order valence-electron chi connectivity index (χ3n) is 5.71. The van der Waals surface area contributed by atoms with Crippen molar-refractivity contribution >= 4 is 11.6 Å². The Bertz CT molecular complexity index is 1270. The molecular weight excluding hydrogens is 393 g/mol. The van der Waals surface area contributed by atoms with Crippen LogP contribution in [0.4, 0.5) is 4.39 Å². The molecule has 1 fully saturated rings. The molecule has 1 aliphatic heterocycles. The molecule has 0 aliphatic carbocycles. The van der Waals surface area contributed by atoms with Crippen molar-refractivity contribution in [1.82, 2.24) is 24.5 Å². The molecule has 0 N–H and O–H groups in total. The van der Waals surface area contributed by atoms with Crippen LogP contribution in [0.5, 0.6) is 0 Å². The van der Waals surface area contributed by atoms with Crippen LogP contribution in [0.1, 0.15) is 40.6 Å². The van der Waals surface area contributed by atoms with E-state index in [2.05, 4.69) is 10.1 Å². The summed E-state index contributed by atoms with van der Waals surface area (Å²) in [6, 6.07) is 14.0. The molecule has 31 heavy (non-hydrogen) atoms. The van der Waals surface area contributed by atoms with Gasteiger partial charge in [-0.1, -0.05) is 12.1 Å². The van der Waals surface area contributed by atoms with Gasteiger partial charge in [-0.3, -0.25) is 9.78 Å². The van der Waals surface area contributed by atoms with E-state index in [1.54, 1.807) is 16.8 Å². The lowest BCUT2D eigenvalue weighted by Crippen LogP contribution is -2.39. The Balaban J connectivity index is 1.39. The summed E-state index contributed by atoms with van der Waals surface area (Å²) in [6.07, 6.45) is 5.36. The number of halogens is 1. The fourth-order valence-corrected chi connectivity index (χ4v) is 4.10. The van der Waals surface area contributed by atoms with Gasteiger partial charge in [0.25, 0.3) is 5.91 Å². The van der Waals surface area contributed by atoms with Crippen LogP contribution in [0.2, 0.25) is 0 Å². The molecule has 0 bridgehead atoms. The van der Waals surface area contributed by atoms with Crippen LogP contribution in [-0.2, 0) is 0 Å². The molecule has 1 saturated heterocycles. The molecule has 4 heterocycles. The normalized spacial score (nSPS) is 16.6. The summed E-state index contributed by atoms with van der Waals surface area (Å²) in [6.45, 7) is 3.24. The first-order valence-corrected chi connectivity index (χ1v) is 10.4. The van der Waals surface area contributed by atoms with Gasteiger partial charge in [0, 0.05) is 37.0 Å². The predicted molar refractivity (Wildman–Crippen MR) is 115 cm³/mol. The molecular formula is C24H22FN5O. The van der Waals surface area contributed by atoms with Gasteiger partial charge >= 0.3 is 0 Å². The van der Waals surface area contributed by atoms with Crippen LogP contribution in [-0.4, -0.2) is 43.5 Å². The van der Waals surface area contributed by atoms with Crippen molar-refractivity contribution in [3.63, 3.8) is 0 Å². The van der Waals surface area contributed by atoms with Crippen molar-refractivity contribution in [1.29, 1.82) is 0 Å². The first kappa shape index (κ1) is 19.4. The van der Waals surface area contributed by atoms with Crippen molar-refractivity contribution in [3.05, 3.63) is 83.8 Å². The predicted octanol–water partition coefficient (Wildman–Crippen LogP) is 4.26. The summed E-state index contributed by atoms with van der Waals surface area (Å²) in [5.41, 5.74) is 3.89. The van der Waals surface area contributed by atoms with Crippen LogP contribution in [0.25, 0.3) is 16.8 Å². The van der Waals surface area contributed by atoms with Gasteiger partial charge in [0.2, 0.25) is 0 Å². The van der Waals surface area contributed by atoms with Crippen molar-refractivity contribution in [2.24, 2.45) is 0 Å². The highest BCUT2D eigenvalue weighted by molar-refractivity contribution is 5.92. The zero-order chi connectivity index (χ0) is 21.4. The number of carbonyl (C=O) groups is 1. The van der Waals surface area contributed by atoms with Gasteiger partial charge in [0.1, 0.15) is 11.5 Å². The fourth-order valence-electron chi connectivity index (χ4n) is 4.10. The molecule has 3 aromatic heterocycles. The molecule has 156 valence electrons. The number of hydrogen-bond donors (Lipinski definition) is 0. The number of fused-ring (bicyclic) bond motifs is 1. The molecule has 0 spiro atoms. The Morgan fingerprint density at radius 2 is 2.03 bits per heavy atom. The van der Waals surface area contributed by atoms with E-state index in [0.717, 1.165) is 41.0 Å². The summed E-state index contributed by atoms with van der Waals surface area (Å²) in [7, 11) is 0. The lowest BCUT2D eigenvalue weighted by atomic mass is 9.97. The maximum atomic E-state index is 13.6. The Morgan fingerprint density at radius 1 is 1.13 bits per heavy atom. The minimum Gasteiger partial charge on any atom is -0.337 e. The summed E-state index contributed by atoms with van der Waals surface area (Å²) < 4.78 is 15.3. The van der Waals surface area contributed by atoms with Gasteiger partial charge in [-0.2, -0.15) is 5.10 Å². The smallest absolute Gasteiger partial charge is 0.272 e. The number of piperidine rings is 1. The molecule has 1 amide bonds. The lowest BCUT2D eigenvalue weighted by molar-refractivity contribution is 0.0698. The van der Waals surface area contributed by atoms with Gasteiger partial charge in [0.05, 0.1) is 0 Å². The first-order chi connectivity index (χ1) is 15.1. The van der Waals surface area contributed by atoms with E-state index in [1.165, 1.54) is 12.1 Å². The number of nitrogens with zero attached hydrogens (tertiary/aromatic N) is 5. The van der Waals surface area contributed by atoms with Gasteiger partial charge in [-0.05, 0) is 67.3 Å². The summed E-state index contributed by atoms with van der Waals surface area (Å²) in [5, 5.41) is 4.68. The van der Waals surface area contributed by atoms with Gasteiger partial charge < -0.3 is 4.90 Å². The number of hydrogen-bond acceptors (Lipinski definition) is 4. The second-order valence-corrected chi connectivity index (χ2v) is 8.01. The quantitative estimate of drug-likeness (QED) is 0.502. The molecule has 0 unspecified atom stereocenters. The molecule has 4 aromatic rings. The average molecular weight is 415 g/mol. The number of carbonyl (C=O) groups excluding carboxylic acids is 1. The average Bonchev–Trinajstić information content (AvgIpc) is 3.22. The number of likely N-dealkylation sites (tertiary alicyclic amines) is 1. The third kappa shape index (κ3) is 3.91. The Hall–Kier alpha value is -3.61. The van der Waals surface area contributed by atoms with Gasteiger partial charge in [0.15, 0.2) is 11.5 Å². The van der Waals surface area contributed by atoms with Crippen LogP contribution >= 0.6 is 0 Å². The van der Waals surface area contributed by atoms with E-state index in [1.807, 2.05) is 48.4 Å². The second-order valence-electron chi connectivity index (χ2n) is 8.01. The third-order valence-corrected chi connectivity index (χ3v) is 5.71. The fraction of sp³-hybridized carbons (Fsp3) is 0.250. The molecule has 5 rings (SSSR count). The number of amides is 1. The molecule has 1 atom stereocenters. The maximum absolute atomic E-state index is 13.6. The standard InChI is InChI=1S/C24H22FN5O/c1-16-9-10-26-21(12-16)24(31)29-11-3-5-19(14-29)23-27-22-8-7-18(15-30(22)28-23)17-4-2-6-20(25)13-17/h2,4,6-10,12-13,15,19H,3,5,11,14H2,1H3/t19-/m1/s1. The Morgan fingerprint density at radius 3 is 2.87 bits per heavy atom. The largest absolute Gasteiger partial charge is 0.337 e.